The third kappa shape index (κ3) is 4.81. The first-order valence-corrected chi connectivity index (χ1v) is 12.3. The first-order chi connectivity index (χ1) is 16.1. The Labute approximate surface area is 203 Å². The number of benzene rings is 2. The molecular weight excluding hydrogens is 450 g/mol. The van der Waals surface area contributed by atoms with Gasteiger partial charge in [0.2, 0.25) is 0 Å². The number of ether oxygens (including phenoxy) is 1. The van der Waals surface area contributed by atoms with Crippen LogP contribution in [-0.2, 0) is 16.0 Å². The van der Waals surface area contributed by atoms with Crippen LogP contribution in [0.2, 0.25) is 0 Å². The van der Waals surface area contributed by atoms with Gasteiger partial charge in [0.15, 0.2) is 0 Å². The summed E-state index contributed by atoms with van der Waals surface area (Å²) in [5, 5.41) is 1.07. The number of amides is 1. The highest BCUT2D eigenvalue weighted by Crippen LogP contribution is 2.35. The van der Waals surface area contributed by atoms with Gasteiger partial charge in [0, 0.05) is 30.6 Å². The van der Waals surface area contributed by atoms with Crippen LogP contribution in [-0.4, -0.2) is 53.0 Å². The molecular formula is C26H25N3O2S2. The van der Waals surface area contributed by atoms with Crippen LogP contribution in [0.1, 0.15) is 16.7 Å². The molecule has 2 saturated heterocycles. The summed E-state index contributed by atoms with van der Waals surface area (Å²) in [6.45, 7) is 5.57. The summed E-state index contributed by atoms with van der Waals surface area (Å²) in [5.41, 5.74) is 4.27. The van der Waals surface area contributed by atoms with Crippen LogP contribution >= 0.6 is 24.0 Å². The summed E-state index contributed by atoms with van der Waals surface area (Å²) in [6.07, 6.45) is 2.73. The van der Waals surface area contributed by atoms with Crippen molar-refractivity contribution in [2.45, 2.75) is 13.3 Å². The topological polar surface area (TPSA) is 45.7 Å². The average Bonchev–Trinajstić information content (AvgIpc) is 3.10. The number of morpholine rings is 1. The molecule has 5 nitrogen and oxygen atoms in total. The van der Waals surface area contributed by atoms with Crippen molar-refractivity contribution in [3.8, 4) is 0 Å². The summed E-state index contributed by atoms with van der Waals surface area (Å²) in [4.78, 5) is 22.8. The molecule has 3 heterocycles. The maximum absolute atomic E-state index is 13.2. The molecule has 7 heteroatoms. The van der Waals surface area contributed by atoms with Crippen molar-refractivity contribution in [3.63, 3.8) is 0 Å². The number of carbonyl (C=O) groups excluding carboxylic acids is 1. The van der Waals surface area contributed by atoms with E-state index in [-0.39, 0.29) is 5.91 Å². The predicted octanol–water partition coefficient (Wildman–Crippen LogP) is 4.82. The van der Waals surface area contributed by atoms with E-state index >= 15 is 0 Å². The summed E-state index contributed by atoms with van der Waals surface area (Å²) >= 11 is 6.94. The van der Waals surface area contributed by atoms with Crippen LogP contribution in [0.5, 0.6) is 0 Å². The average molecular weight is 476 g/mol. The molecule has 33 heavy (non-hydrogen) atoms. The summed E-state index contributed by atoms with van der Waals surface area (Å²) in [7, 11) is 0. The minimum atomic E-state index is -0.0294. The van der Waals surface area contributed by atoms with Crippen LogP contribution < -0.4 is 4.90 Å². The number of pyridine rings is 1. The van der Waals surface area contributed by atoms with Crippen molar-refractivity contribution in [1.82, 2.24) is 9.88 Å². The van der Waals surface area contributed by atoms with E-state index in [1.807, 2.05) is 24.3 Å². The zero-order chi connectivity index (χ0) is 22.8. The fraction of sp³-hybridized carbons (Fsp3) is 0.269. The number of anilines is 1. The van der Waals surface area contributed by atoms with Gasteiger partial charge < -0.3 is 9.64 Å². The lowest BCUT2D eigenvalue weighted by Crippen LogP contribution is -2.37. The lowest BCUT2D eigenvalue weighted by Gasteiger charge is -2.29. The molecule has 2 fully saturated rings. The van der Waals surface area contributed by atoms with Gasteiger partial charge in [0.1, 0.15) is 10.1 Å². The summed E-state index contributed by atoms with van der Waals surface area (Å²) in [5.74, 6) is 0.863. The first-order valence-electron chi connectivity index (χ1n) is 11.1. The van der Waals surface area contributed by atoms with Crippen molar-refractivity contribution in [2.24, 2.45) is 0 Å². The van der Waals surface area contributed by atoms with E-state index in [4.69, 9.17) is 21.9 Å². The second kappa shape index (κ2) is 9.63. The molecule has 3 aromatic rings. The highest BCUT2D eigenvalue weighted by molar-refractivity contribution is 8.26. The second-order valence-electron chi connectivity index (χ2n) is 8.27. The van der Waals surface area contributed by atoms with E-state index in [0.717, 1.165) is 41.8 Å². The molecule has 0 N–H and O–H groups in total. The smallest absolute Gasteiger partial charge is 0.266 e. The fourth-order valence-corrected chi connectivity index (χ4v) is 5.46. The van der Waals surface area contributed by atoms with Gasteiger partial charge in [0.05, 0.1) is 23.6 Å². The molecule has 2 aliphatic rings. The third-order valence-corrected chi connectivity index (χ3v) is 7.29. The van der Waals surface area contributed by atoms with Crippen LogP contribution in [0, 0.1) is 6.92 Å². The quantitative estimate of drug-likeness (QED) is 0.389. The second-order valence-corrected chi connectivity index (χ2v) is 9.94. The standard InChI is InChI=1S/C26H25N3O2S2/c1-18-7-8-22-20(15-18)16-21(24(27-22)28-11-13-31-14-12-28)17-23-25(30)29(26(32)33-23)10-9-19-5-3-2-4-6-19/h2-8,15-17H,9-14H2,1H3/b23-17-. The fourth-order valence-electron chi connectivity index (χ4n) is 4.16. The van der Waals surface area contributed by atoms with Crippen LogP contribution in [0.4, 0.5) is 5.82 Å². The molecule has 168 valence electrons. The largest absolute Gasteiger partial charge is 0.378 e. The number of thiocarbonyl (C=S) groups is 1. The Kier molecular flexibility index (Phi) is 6.44. The minimum Gasteiger partial charge on any atom is -0.378 e. The third-order valence-electron chi connectivity index (χ3n) is 5.92. The van der Waals surface area contributed by atoms with Crippen LogP contribution in [0.3, 0.4) is 0 Å². The van der Waals surface area contributed by atoms with Gasteiger partial charge in [-0.1, -0.05) is 65.9 Å². The van der Waals surface area contributed by atoms with Gasteiger partial charge in [-0.15, -0.1) is 0 Å². The minimum absolute atomic E-state index is 0.0294. The van der Waals surface area contributed by atoms with Gasteiger partial charge >= 0.3 is 0 Å². The molecule has 1 aromatic heterocycles. The van der Waals surface area contributed by atoms with Gasteiger partial charge in [0.25, 0.3) is 5.91 Å². The van der Waals surface area contributed by atoms with Gasteiger partial charge in [-0.3, -0.25) is 9.69 Å². The molecule has 1 amide bonds. The highest BCUT2D eigenvalue weighted by Gasteiger charge is 2.32. The van der Waals surface area contributed by atoms with E-state index < -0.39 is 0 Å². The van der Waals surface area contributed by atoms with Crippen molar-refractivity contribution in [1.29, 1.82) is 0 Å². The zero-order valence-corrected chi connectivity index (χ0v) is 20.1. The molecule has 5 rings (SSSR count). The molecule has 2 aromatic carbocycles. The Morgan fingerprint density at radius 2 is 1.91 bits per heavy atom. The molecule has 0 saturated carbocycles. The van der Waals surface area contributed by atoms with Crippen molar-refractivity contribution >= 4 is 57.0 Å². The number of thioether (sulfide) groups is 1. The number of aromatic nitrogens is 1. The van der Waals surface area contributed by atoms with Gasteiger partial charge in [-0.2, -0.15) is 0 Å². The van der Waals surface area contributed by atoms with E-state index in [1.165, 1.54) is 22.9 Å². The SMILES string of the molecule is Cc1ccc2nc(N3CCOCC3)c(/C=C3\SC(=S)N(CCc4ccccc4)C3=O)cc2c1. The normalized spacial score (nSPS) is 18.0. The number of carbonyl (C=O) groups is 1. The molecule has 0 unspecified atom stereocenters. The van der Waals surface area contributed by atoms with Crippen molar-refractivity contribution < 1.29 is 9.53 Å². The Bertz CT molecular complexity index is 1240. The Morgan fingerprint density at radius 3 is 2.70 bits per heavy atom. The number of fused-ring (bicyclic) bond motifs is 1. The predicted molar refractivity (Wildman–Crippen MR) is 140 cm³/mol. The summed E-state index contributed by atoms with van der Waals surface area (Å²) < 4.78 is 6.15. The monoisotopic (exact) mass is 475 g/mol. The highest BCUT2D eigenvalue weighted by atomic mass is 32.2. The Morgan fingerprint density at radius 1 is 1.12 bits per heavy atom. The van der Waals surface area contributed by atoms with E-state index in [0.29, 0.717) is 29.0 Å². The Hall–Kier alpha value is -2.74. The van der Waals surface area contributed by atoms with Gasteiger partial charge in [-0.05, 0) is 43.2 Å². The van der Waals surface area contributed by atoms with E-state index in [9.17, 15) is 4.79 Å². The molecule has 0 spiro atoms. The number of nitrogens with zero attached hydrogens (tertiary/aromatic N) is 3. The maximum Gasteiger partial charge on any atom is 0.266 e. The Balaban J connectivity index is 1.46. The number of aryl methyl sites for hydroxylation is 1. The molecule has 0 atom stereocenters. The molecule has 0 aliphatic carbocycles. The van der Waals surface area contributed by atoms with Crippen LogP contribution in [0.15, 0.2) is 59.5 Å². The van der Waals surface area contributed by atoms with Crippen molar-refractivity contribution in [3.05, 3.63) is 76.2 Å². The van der Waals surface area contributed by atoms with E-state index in [2.05, 4.69) is 48.2 Å². The molecule has 0 radical (unpaired) electrons. The van der Waals surface area contributed by atoms with Crippen molar-refractivity contribution in [2.75, 3.05) is 37.7 Å². The molecule has 2 aliphatic heterocycles. The maximum atomic E-state index is 13.2. The number of hydrogen-bond acceptors (Lipinski definition) is 6. The lowest BCUT2D eigenvalue weighted by molar-refractivity contribution is -0.122. The lowest BCUT2D eigenvalue weighted by atomic mass is 10.1. The first kappa shape index (κ1) is 22.1. The molecule has 0 bridgehead atoms. The number of hydrogen-bond donors (Lipinski definition) is 0. The zero-order valence-electron chi connectivity index (χ0n) is 18.5. The van der Waals surface area contributed by atoms with Crippen LogP contribution in [0.25, 0.3) is 17.0 Å². The van der Waals surface area contributed by atoms with E-state index in [1.54, 1.807) is 4.90 Å². The number of rotatable bonds is 5. The summed E-state index contributed by atoms with van der Waals surface area (Å²) in [6, 6.07) is 18.6. The van der Waals surface area contributed by atoms with Gasteiger partial charge in [-0.25, -0.2) is 4.98 Å².